The average Bonchev–Trinajstić information content (AvgIpc) is 2.04. The molecule has 0 aliphatic carbocycles. The maximum Gasteiger partial charge on any atom is 0.406 e. The van der Waals surface area contributed by atoms with Gasteiger partial charge in [-0.25, -0.2) is 4.79 Å². The summed E-state index contributed by atoms with van der Waals surface area (Å²) >= 11 is 0. The van der Waals surface area contributed by atoms with Gasteiger partial charge in [-0.05, 0) is 12.8 Å². The number of carbonyl (C=O) groups excluding carboxylic acids is 1. The number of carbonyl (C=O) groups is 1. The molecular weight excluding hydrogens is 160 g/mol. The van der Waals surface area contributed by atoms with Gasteiger partial charge in [0, 0.05) is 13.0 Å². The SMILES string of the molecule is CON1CCCCC1OC(N)=O. The largest absolute Gasteiger partial charge is 0.428 e. The summed E-state index contributed by atoms with van der Waals surface area (Å²) in [7, 11) is 1.56. The van der Waals surface area contributed by atoms with Crippen molar-refractivity contribution in [2.24, 2.45) is 5.73 Å². The molecule has 5 heteroatoms. The van der Waals surface area contributed by atoms with Gasteiger partial charge in [-0.15, -0.1) is 0 Å². The highest BCUT2D eigenvalue weighted by molar-refractivity contribution is 5.64. The van der Waals surface area contributed by atoms with Crippen LogP contribution in [0.5, 0.6) is 0 Å². The first-order valence-electron chi connectivity index (χ1n) is 4.01. The van der Waals surface area contributed by atoms with Gasteiger partial charge in [0.2, 0.25) is 0 Å². The monoisotopic (exact) mass is 174 g/mol. The summed E-state index contributed by atoms with van der Waals surface area (Å²) in [4.78, 5) is 15.5. The summed E-state index contributed by atoms with van der Waals surface area (Å²) in [5, 5.41) is 1.63. The second-order valence-corrected chi connectivity index (χ2v) is 2.71. The van der Waals surface area contributed by atoms with Gasteiger partial charge in [-0.1, -0.05) is 0 Å². The van der Waals surface area contributed by atoms with Crippen molar-refractivity contribution in [1.29, 1.82) is 0 Å². The summed E-state index contributed by atoms with van der Waals surface area (Å²) in [6, 6.07) is 0. The van der Waals surface area contributed by atoms with E-state index in [4.69, 9.17) is 15.3 Å². The average molecular weight is 174 g/mol. The Kier molecular flexibility index (Phi) is 3.31. The number of nitrogens with zero attached hydrogens (tertiary/aromatic N) is 1. The third-order valence-corrected chi connectivity index (χ3v) is 1.89. The third kappa shape index (κ3) is 2.35. The number of hydroxylamine groups is 2. The molecule has 0 saturated carbocycles. The summed E-state index contributed by atoms with van der Waals surface area (Å²) < 4.78 is 4.83. The van der Waals surface area contributed by atoms with Crippen molar-refractivity contribution in [2.45, 2.75) is 25.5 Å². The highest BCUT2D eigenvalue weighted by atomic mass is 16.7. The number of rotatable bonds is 2. The quantitative estimate of drug-likeness (QED) is 0.660. The van der Waals surface area contributed by atoms with Gasteiger partial charge in [-0.3, -0.25) is 4.84 Å². The van der Waals surface area contributed by atoms with E-state index >= 15 is 0 Å². The number of amides is 1. The number of nitrogens with two attached hydrogens (primary N) is 1. The number of hydrogen-bond donors (Lipinski definition) is 1. The molecule has 1 fully saturated rings. The fourth-order valence-electron chi connectivity index (χ4n) is 1.34. The van der Waals surface area contributed by atoms with Crippen molar-refractivity contribution in [2.75, 3.05) is 13.7 Å². The lowest BCUT2D eigenvalue weighted by atomic mass is 10.1. The van der Waals surface area contributed by atoms with Gasteiger partial charge in [0.15, 0.2) is 6.23 Å². The van der Waals surface area contributed by atoms with Crippen molar-refractivity contribution in [3.63, 3.8) is 0 Å². The topological polar surface area (TPSA) is 64.8 Å². The van der Waals surface area contributed by atoms with E-state index in [0.717, 1.165) is 25.8 Å². The molecule has 0 aromatic heterocycles. The number of hydrogen-bond acceptors (Lipinski definition) is 4. The molecule has 1 aliphatic heterocycles. The van der Waals surface area contributed by atoms with Gasteiger partial charge in [0.1, 0.15) is 0 Å². The Morgan fingerprint density at radius 1 is 1.58 bits per heavy atom. The normalized spacial score (nSPS) is 25.2. The minimum absolute atomic E-state index is 0.304. The van der Waals surface area contributed by atoms with Crippen molar-refractivity contribution in [3.8, 4) is 0 Å². The zero-order chi connectivity index (χ0) is 8.97. The molecule has 2 N–H and O–H groups in total. The standard InChI is InChI=1S/C7H14N2O3/c1-11-9-5-3-2-4-6(9)12-7(8)10/h6H,2-5H2,1H3,(H2,8,10). The highest BCUT2D eigenvalue weighted by Crippen LogP contribution is 2.17. The van der Waals surface area contributed by atoms with E-state index in [2.05, 4.69) is 0 Å². The van der Waals surface area contributed by atoms with Crippen LogP contribution in [0.15, 0.2) is 0 Å². The predicted molar refractivity (Wildman–Crippen MR) is 42.0 cm³/mol. The molecule has 1 saturated heterocycles. The highest BCUT2D eigenvalue weighted by Gasteiger charge is 2.24. The smallest absolute Gasteiger partial charge is 0.406 e. The van der Waals surface area contributed by atoms with Crippen molar-refractivity contribution in [3.05, 3.63) is 0 Å². The second-order valence-electron chi connectivity index (χ2n) is 2.71. The molecule has 0 bridgehead atoms. The second kappa shape index (κ2) is 4.27. The van der Waals surface area contributed by atoms with E-state index in [1.807, 2.05) is 0 Å². The first-order valence-corrected chi connectivity index (χ1v) is 4.01. The minimum Gasteiger partial charge on any atom is -0.428 e. The summed E-state index contributed by atoms with van der Waals surface area (Å²) in [5.41, 5.74) is 4.90. The van der Waals surface area contributed by atoms with Crippen LogP contribution >= 0.6 is 0 Å². The predicted octanol–water partition coefficient (Wildman–Crippen LogP) is 0.455. The lowest BCUT2D eigenvalue weighted by Crippen LogP contribution is -2.42. The summed E-state index contributed by atoms with van der Waals surface area (Å²) in [6.45, 7) is 0.786. The van der Waals surface area contributed by atoms with Crippen LogP contribution in [-0.4, -0.2) is 31.0 Å². The maximum atomic E-state index is 10.4. The molecule has 0 spiro atoms. The van der Waals surface area contributed by atoms with Crippen LogP contribution in [0, 0.1) is 0 Å². The zero-order valence-corrected chi connectivity index (χ0v) is 7.16. The van der Waals surface area contributed by atoms with Crippen LogP contribution in [0.1, 0.15) is 19.3 Å². The molecule has 70 valence electrons. The van der Waals surface area contributed by atoms with Crippen LogP contribution in [0.2, 0.25) is 0 Å². The molecule has 0 aromatic carbocycles. The van der Waals surface area contributed by atoms with Gasteiger partial charge in [-0.2, -0.15) is 5.06 Å². The first kappa shape index (κ1) is 9.28. The van der Waals surface area contributed by atoms with Gasteiger partial charge in [0.05, 0.1) is 7.11 Å². The van der Waals surface area contributed by atoms with Crippen LogP contribution in [0.25, 0.3) is 0 Å². The van der Waals surface area contributed by atoms with Crippen molar-refractivity contribution < 1.29 is 14.4 Å². The van der Waals surface area contributed by atoms with E-state index in [-0.39, 0.29) is 6.23 Å². The van der Waals surface area contributed by atoms with Gasteiger partial charge >= 0.3 is 6.09 Å². The Morgan fingerprint density at radius 2 is 2.33 bits per heavy atom. The minimum atomic E-state index is -0.746. The van der Waals surface area contributed by atoms with E-state index in [1.54, 1.807) is 12.2 Å². The lowest BCUT2D eigenvalue weighted by molar-refractivity contribution is -0.231. The molecule has 1 amide bonds. The Labute approximate surface area is 71.4 Å². The van der Waals surface area contributed by atoms with E-state index in [0.29, 0.717) is 0 Å². The molecule has 1 heterocycles. The summed E-state index contributed by atoms with van der Waals surface area (Å²) in [6.07, 6.45) is 1.84. The zero-order valence-electron chi connectivity index (χ0n) is 7.16. The molecule has 1 rings (SSSR count). The number of ether oxygens (including phenoxy) is 1. The van der Waals surface area contributed by atoms with Crippen molar-refractivity contribution >= 4 is 6.09 Å². The Balaban J connectivity index is 2.41. The molecule has 0 radical (unpaired) electrons. The Bertz CT molecular complexity index is 163. The molecule has 5 nitrogen and oxygen atoms in total. The molecule has 0 aromatic rings. The van der Waals surface area contributed by atoms with Crippen LogP contribution in [-0.2, 0) is 9.57 Å². The van der Waals surface area contributed by atoms with Crippen LogP contribution in [0.3, 0.4) is 0 Å². The molecule has 1 atom stereocenters. The number of piperidine rings is 1. The Morgan fingerprint density at radius 3 is 2.92 bits per heavy atom. The fourth-order valence-corrected chi connectivity index (χ4v) is 1.34. The van der Waals surface area contributed by atoms with E-state index in [9.17, 15) is 4.79 Å². The lowest BCUT2D eigenvalue weighted by Gasteiger charge is -2.31. The summed E-state index contributed by atoms with van der Waals surface area (Å²) in [5.74, 6) is 0. The van der Waals surface area contributed by atoms with E-state index < -0.39 is 6.09 Å². The first-order chi connectivity index (χ1) is 5.74. The van der Waals surface area contributed by atoms with Crippen LogP contribution < -0.4 is 5.73 Å². The van der Waals surface area contributed by atoms with E-state index in [1.165, 1.54) is 0 Å². The molecule has 1 unspecified atom stereocenters. The third-order valence-electron chi connectivity index (χ3n) is 1.89. The maximum absolute atomic E-state index is 10.4. The Hall–Kier alpha value is -0.810. The van der Waals surface area contributed by atoms with Gasteiger partial charge in [0.25, 0.3) is 0 Å². The molecule has 12 heavy (non-hydrogen) atoms. The number of primary amides is 1. The van der Waals surface area contributed by atoms with Crippen LogP contribution in [0.4, 0.5) is 4.79 Å². The fraction of sp³-hybridized carbons (Fsp3) is 0.857. The molecule has 1 aliphatic rings. The van der Waals surface area contributed by atoms with Crippen molar-refractivity contribution in [1.82, 2.24) is 5.06 Å². The van der Waals surface area contributed by atoms with Gasteiger partial charge < -0.3 is 10.5 Å². The molecular formula is C7H14N2O3.